The molecule has 0 saturated heterocycles. The molecule has 7 heteroatoms. The summed E-state index contributed by atoms with van der Waals surface area (Å²) in [5, 5.41) is 6.96. The molecular formula is C16H12N4O2S. The predicted octanol–water partition coefficient (Wildman–Crippen LogP) is 3.73. The molecule has 0 saturated carbocycles. The number of benzene rings is 1. The first-order valence-corrected chi connectivity index (χ1v) is 7.79. The van der Waals surface area contributed by atoms with Crippen molar-refractivity contribution < 1.29 is 9.26 Å². The molecule has 0 fully saturated rings. The van der Waals surface area contributed by atoms with Crippen LogP contribution in [-0.2, 0) is 0 Å². The maximum absolute atomic E-state index is 5.41. The molecule has 0 N–H and O–H groups in total. The second-order valence-electron chi connectivity index (χ2n) is 4.97. The van der Waals surface area contributed by atoms with E-state index in [-0.39, 0.29) is 0 Å². The van der Waals surface area contributed by atoms with E-state index in [9.17, 15) is 0 Å². The van der Waals surface area contributed by atoms with E-state index in [1.54, 1.807) is 7.11 Å². The summed E-state index contributed by atoms with van der Waals surface area (Å²) in [5.41, 5.74) is 3.38. The molecule has 23 heavy (non-hydrogen) atoms. The molecule has 0 atom stereocenters. The van der Waals surface area contributed by atoms with E-state index in [2.05, 4.69) is 19.5 Å². The van der Waals surface area contributed by atoms with Gasteiger partial charge in [-0.05, 0) is 24.5 Å². The van der Waals surface area contributed by atoms with E-state index in [4.69, 9.17) is 9.26 Å². The van der Waals surface area contributed by atoms with Crippen LogP contribution in [0.4, 0.5) is 0 Å². The minimum atomic E-state index is 0.464. The number of hydrogen-bond acceptors (Lipinski definition) is 7. The van der Waals surface area contributed by atoms with Crippen molar-refractivity contribution in [2.75, 3.05) is 7.11 Å². The Morgan fingerprint density at radius 3 is 2.78 bits per heavy atom. The van der Waals surface area contributed by atoms with Gasteiger partial charge in [0.2, 0.25) is 11.7 Å². The minimum Gasteiger partial charge on any atom is -0.481 e. The quantitative estimate of drug-likeness (QED) is 0.572. The number of fused-ring (bicyclic) bond motifs is 1. The number of ether oxygens (including phenoxy) is 1. The van der Waals surface area contributed by atoms with Gasteiger partial charge in [0.25, 0.3) is 5.89 Å². The highest BCUT2D eigenvalue weighted by Crippen LogP contribution is 2.31. The van der Waals surface area contributed by atoms with E-state index in [0.717, 1.165) is 27.7 Å². The van der Waals surface area contributed by atoms with Crippen molar-refractivity contribution in [1.29, 1.82) is 0 Å². The van der Waals surface area contributed by atoms with E-state index >= 15 is 0 Å². The SMILES string of the molecule is COc1cc(-c2noc(-c3csnc3C)n2)c2ccccc2n1. The van der Waals surface area contributed by atoms with E-state index in [0.29, 0.717) is 17.6 Å². The van der Waals surface area contributed by atoms with Gasteiger partial charge < -0.3 is 9.26 Å². The van der Waals surface area contributed by atoms with Crippen LogP contribution in [0.2, 0.25) is 0 Å². The molecule has 1 aromatic carbocycles. The summed E-state index contributed by atoms with van der Waals surface area (Å²) in [6.45, 7) is 1.92. The van der Waals surface area contributed by atoms with Gasteiger partial charge in [0.05, 0.1) is 23.9 Å². The smallest absolute Gasteiger partial charge is 0.260 e. The first-order chi connectivity index (χ1) is 11.3. The average molecular weight is 324 g/mol. The van der Waals surface area contributed by atoms with Gasteiger partial charge in [0.1, 0.15) is 0 Å². The zero-order chi connectivity index (χ0) is 15.8. The average Bonchev–Trinajstić information content (AvgIpc) is 3.22. The van der Waals surface area contributed by atoms with Crippen LogP contribution in [0.5, 0.6) is 5.88 Å². The molecule has 6 nitrogen and oxygen atoms in total. The van der Waals surface area contributed by atoms with Gasteiger partial charge in [-0.1, -0.05) is 23.4 Å². The number of aromatic nitrogens is 4. The van der Waals surface area contributed by atoms with Crippen LogP contribution in [0.1, 0.15) is 5.69 Å². The summed E-state index contributed by atoms with van der Waals surface area (Å²) >= 11 is 1.37. The first kappa shape index (κ1) is 13.8. The molecule has 0 aliphatic heterocycles. The van der Waals surface area contributed by atoms with Crippen molar-refractivity contribution in [3.8, 4) is 28.7 Å². The summed E-state index contributed by atoms with van der Waals surface area (Å²) in [7, 11) is 1.59. The lowest BCUT2D eigenvalue weighted by Gasteiger charge is -2.05. The van der Waals surface area contributed by atoms with Crippen LogP contribution in [0.15, 0.2) is 40.2 Å². The standard InChI is InChI=1S/C16H12N4O2S/c1-9-12(8-23-20-9)16-18-15(19-22-16)11-7-14(21-2)17-13-6-4-3-5-10(11)13/h3-8H,1-2H3. The summed E-state index contributed by atoms with van der Waals surface area (Å²) in [6, 6.07) is 9.60. The first-order valence-electron chi connectivity index (χ1n) is 6.95. The molecule has 3 aromatic heterocycles. The van der Waals surface area contributed by atoms with Gasteiger partial charge in [0, 0.05) is 22.4 Å². The summed E-state index contributed by atoms with van der Waals surface area (Å²) < 4.78 is 14.9. The number of rotatable bonds is 3. The van der Waals surface area contributed by atoms with Crippen LogP contribution < -0.4 is 4.74 Å². The molecule has 0 bridgehead atoms. The second-order valence-corrected chi connectivity index (χ2v) is 5.60. The van der Waals surface area contributed by atoms with Gasteiger partial charge in [-0.25, -0.2) is 4.98 Å². The molecule has 0 aliphatic carbocycles. The zero-order valence-corrected chi connectivity index (χ0v) is 13.3. The number of aryl methyl sites for hydroxylation is 1. The Bertz CT molecular complexity index is 993. The third-order valence-corrected chi connectivity index (χ3v) is 4.27. The van der Waals surface area contributed by atoms with Gasteiger partial charge >= 0.3 is 0 Å². The number of para-hydroxylation sites is 1. The van der Waals surface area contributed by atoms with Gasteiger partial charge in [0.15, 0.2) is 0 Å². The fraction of sp³-hybridized carbons (Fsp3) is 0.125. The third-order valence-electron chi connectivity index (χ3n) is 3.55. The van der Waals surface area contributed by atoms with Crippen molar-refractivity contribution in [3.63, 3.8) is 0 Å². The summed E-state index contributed by atoms with van der Waals surface area (Å²) in [5.74, 6) is 1.48. The van der Waals surface area contributed by atoms with Crippen LogP contribution in [0.3, 0.4) is 0 Å². The number of pyridine rings is 1. The normalized spacial score (nSPS) is 11.0. The largest absolute Gasteiger partial charge is 0.481 e. The molecule has 0 aliphatic rings. The van der Waals surface area contributed by atoms with Crippen LogP contribution in [0, 0.1) is 6.92 Å². The highest BCUT2D eigenvalue weighted by Gasteiger charge is 2.17. The highest BCUT2D eigenvalue weighted by molar-refractivity contribution is 7.04. The number of methoxy groups -OCH3 is 1. The van der Waals surface area contributed by atoms with Crippen LogP contribution in [0.25, 0.3) is 33.7 Å². The van der Waals surface area contributed by atoms with Crippen molar-refractivity contribution in [2.24, 2.45) is 0 Å². The Morgan fingerprint density at radius 1 is 1.13 bits per heavy atom. The Labute approximate surface area is 135 Å². The van der Waals surface area contributed by atoms with E-state index in [1.165, 1.54) is 11.5 Å². The molecule has 114 valence electrons. The lowest BCUT2D eigenvalue weighted by molar-refractivity contribution is 0.399. The zero-order valence-electron chi connectivity index (χ0n) is 12.5. The Balaban J connectivity index is 1.89. The predicted molar refractivity (Wildman–Crippen MR) is 87.4 cm³/mol. The number of hydrogen-bond donors (Lipinski definition) is 0. The Hall–Kier alpha value is -2.80. The lowest BCUT2D eigenvalue weighted by Crippen LogP contribution is -1.92. The molecule has 4 aromatic rings. The van der Waals surface area contributed by atoms with Crippen molar-refractivity contribution >= 4 is 22.4 Å². The lowest BCUT2D eigenvalue weighted by atomic mass is 10.1. The maximum atomic E-state index is 5.41. The summed E-state index contributed by atoms with van der Waals surface area (Å²) in [6.07, 6.45) is 0. The van der Waals surface area contributed by atoms with Gasteiger partial charge in [-0.2, -0.15) is 9.36 Å². The topological polar surface area (TPSA) is 73.9 Å². The van der Waals surface area contributed by atoms with Crippen molar-refractivity contribution in [2.45, 2.75) is 6.92 Å². The molecular weight excluding hydrogens is 312 g/mol. The van der Waals surface area contributed by atoms with Gasteiger partial charge in [-0.15, -0.1) is 0 Å². The molecule has 3 heterocycles. The minimum absolute atomic E-state index is 0.464. The van der Waals surface area contributed by atoms with Crippen molar-refractivity contribution in [3.05, 3.63) is 41.4 Å². The maximum Gasteiger partial charge on any atom is 0.260 e. The van der Waals surface area contributed by atoms with E-state index < -0.39 is 0 Å². The molecule has 0 unspecified atom stereocenters. The number of nitrogens with zero attached hydrogens (tertiary/aromatic N) is 4. The Kier molecular flexibility index (Phi) is 3.27. The van der Waals surface area contributed by atoms with Crippen molar-refractivity contribution in [1.82, 2.24) is 19.5 Å². The molecule has 0 amide bonds. The second kappa shape index (κ2) is 5.44. The highest BCUT2D eigenvalue weighted by atomic mass is 32.1. The molecule has 4 rings (SSSR count). The van der Waals surface area contributed by atoms with Gasteiger partial charge in [-0.3, -0.25) is 0 Å². The van der Waals surface area contributed by atoms with E-state index in [1.807, 2.05) is 42.6 Å². The fourth-order valence-corrected chi connectivity index (χ4v) is 3.07. The molecule has 0 radical (unpaired) electrons. The fourth-order valence-electron chi connectivity index (χ4n) is 2.38. The third kappa shape index (κ3) is 2.35. The molecule has 0 spiro atoms. The van der Waals surface area contributed by atoms with Crippen LogP contribution in [-0.4, -0.2) is 26.6 Å². The summed E-state index contributed by atoms with van der Waals surface area (Å²) in [4.78, 5) is 8.95. The monoisotopic (exact) mass is 324 g/mol. The van der Waals surface area contributed by atoms with Crippen LogP contribution >= 0.6 is 11.5 Å². The Morgan fingerprint density at radius 2 is 2.00 bits per heavy atom.